The van der Waals surface area contributed by atoms with Gasteiger partial charge in [-0.1, -0.05) is 18.2 Å². The fourth-order valence-electron chi connectivity index (χ4n) is 3.11. The third-order valence-corrected chi connectivity index (χ3v) is 4.34. The quantitative estimate of drug-likeness (QED) is 0.834. The lowest BCUT2D eigenvalue weighted by atomic mass is 9.93. The monoisotopic (exact) mass is 269 g/mol. The van der Waals surface area contributed by atoms with Gasteiger partial charge < -0.3 is 4.90 Å². The summed E-state index contributed by atoms with van der Waals surface area (Å²) in [5.74, 6) is 0.631. The van der Waals surface area contributed by atoms with Crippen molar-refractivity contribution < 1.29 is 0 Å². The second-order valence-corrected chi connectivity index (χ2v) is 5.99. The van der Waals surface area contributed by atoms with Crippen molar-refractivity contribution in [3.63, 3.8) is 0 Å². The first-order chi connectivity index (χ1) is 9.65. The van der Waals surface area contributed by atoms with E-state index in [0.717, 1.165) is 5.69 Å². The van der Waals surface area contributed by atoms with E-state index in [1.54, 1.807) is 0 Å². The molecule has 2 aromatic rings. The summed E-state index contributed by atoms with van der Waals surface area (Å²) in [6.07, 6.45) is 2.46. The Morgan fingerprint density at radius 1 is 1.10 bits per heavy atom. The molecule has 2 heterocycles. The van der Waals surface area contributed by atoms with Crippen molar-refractivity contribution in [2.75, 3.05) is 20.1 Å². The van der Waals surface area contributed by atoms with Gasteiger partial charge >= 0.3 is 0 Å². The molecule has 0 spiro atoms. The molecule has 0 bridgehead atoms. The third kappa shape index (κ3) is 2.50. The van der Waals surface area contributed by atoms with E-state index in [9.17, 15) is 0 Å². The standard InChI is InChI=1S/C17H23N3/c1-13-6-4-5-7-16(13)20-17(12-14(2)18-20)15-8-10-19(3)11-9-15/h4-7,12,15H,8-11H2,1-3H3. The van der Waals surface area contributed by atoms with Crippen LogP contribution in [-0.2, 0) is 0 Å². The van der Waals surface area contributed by atoms with Crippen molar-refractivity contribution in [1.29, 1.82) is 0 Å². The molecule has 0 amide bonds. The minimum Gasteiger partial charge on any atom is -0.306 e. The number of likely N-dealkylation sites (tertiary alicyclic amines) is 1. The molecular weight excluding hydrogens is 246 g/mol. The van der Waals surface area contributed by atoms with Gasteiger partial charge in [0.05, 0.1) is 11.4 Å². The highest BCUT2D eigenvalue weighted by atomic mass is 15.3. The number of aryl methyl sites for hydroxylation is 2. The van der Waals surface area contributed by atoms with Gasteiger partial charge in [0, 0.05) is 11.6 Å². The average Bonchev–Trinajstić information content (AvgIpc) is 2.82. The Kier molecular flexibility index (Phi) is 3.62. The summed E-state index contributed by atoms with van der Waals surface area (Å²) in [6, 6.07) is 10.8. The number of benzene rings is 1. The van der Waals surface area contributed by atoms with E-state index < -0.39 is 0 Å². The molecule has 1 fully saturated rings. The Balaban J connectivity index is 1.98. The molecule has 3 rings (SSSR count). The number of aromatic nitrogens is 2. The molecule has 0 saturated carbocycles. The minimum absolute atomic E-state index is 0.631. The zero-order valence-electron chi connectivity index (χ0n) is 12.6. The van der Waals surface area contributed by atoms with Crippen molar-refractivity contribution in [1.82, 2.24) is 14.7 Å². The van der Waals surface area contributed by atoms with Gasteiger partial charge in [-0.15, -0.1) is 0 Å². The molecule has 20 heavy (non-hydrogen) atoms. The van der Waals surface area contributed by atoms with Gasteiger partial charge in [0.25, 0.3) is 0 Å². The van der Waals surface area contributed by atoms with Crippen LogP contribution in [0.4, 0.5) is 0 Å². The number of piperidine rings is 1. The van der Waals surface area contributed by atoms with Gasteiger partial charge in [-0.25, -0.2) is 4.68 Å². The van der Waals surface area contributed by atoms with Crippen molar-refractivity contribution in [3.05, 3.63) is 47.3 Å². The van der Waals surface area contributed by atoms with Crippen LogP contribution in [-0.4, -0.2) is 34.8 Å². The summed E-state index contributed by atoms with van der Waals surface area (Å²) in [4.78, 5) is 2.41. The van der Waals surface area contributed by atoms with Crippen LogP contribution in [0.15, 0.2) is 30.3 Å². The summed E-state index contributed by atoms with van der Waals surface area (Å²) in [6.45, 7) is 6.61. The van der Waals surface area contributed by atoms with E-state index in [4.69, 9.17) is 5.10 Å². The van der Waals surface area contributed by atoms with Gasteiger partial charge in [0.2, 0.25) is 0 Å². The minimum atomic E-state index is 0.631. The van der Waals surface area contributed by atoms with E-state index >= 15 is 0 Å². The second kappa shape index (κ2) is 5.41. The summed E-state index contributed by atoms with van der Waals surface area (Å²) in [5.41, 5.74) is 4.99. The number of rotatable bonds is 2. The molecule has 1 saturated heterocycles. The number of hydrogen-bond acceptors (Lipinski definition) is 2. The van der Waals surface area contributed by atoms with Gasteiger partial charge in [0.1, 0.15) is 0 Å². The summed E-state index contributed by atoms with van der Waals surface area (Å²) in [7, 11) is 2.21. The molecule has 1 aromatic heterocycles. The molecule has 0 aliphatic carbocycles. The predicted octanol–water partition coefficient (Wildman–Crippen LogP) is 3.30. The predicted molar refractivity (Wildman–Crippen MR) is 82.5 cm³/mol. The van der Waals surface area contributed by atoms with Gasteiger partial charge in [-0.2, -0.15) is 5.10 Å². The van der Waals surface area contributed by atoms with Crippen LogP contribution in [0.3, 0.4) is 0 Å². The van der Waals surface area contributed by atoms with Crippen molar-refractivity contribution >= 4 is 0 Å². The van der Waals surface area contributed by atoms with Crippen molar-refractivity contribution in [2.45, 2.75) is 32.6 Å². The summed E-state index contributed by atoms with van der Waals surface area (Å²) in [5, 5.41) is 4.74. The number of para-hydroxylation sites is 1. The Morgan fingerprint density at radius 3 is 2.50 bits per heavy atom. The topological polar surface area (TPSA) is 21.1 Å². The van der Waals surface area contributed by atoms with Crippen LogP contribution in [0.5, 0.6) is 0 Å². The lowest BCUT2D eigenvalue weighted by molar-refractivity contribution is 0.252. The maximum Gasteiger partial charge on any atom is 0.0678 e. The fraction of sp³-hybridized carbons (Fsp3) is 0.471. The van der Waals surface area contributed by atoms with Crippen LogP contribution < -0.4 is 0 Å². The smallest absolute Gasteiger partial charge is 0.0678 e. The second-order valence-electron chi connectivity index (χ2n) is 5.99. The van der Waals surface area contributed by atoms with E-state index in [2.05, 4.69) is 60.8 Å². The maximum atomic E-state index is 4.74. The third-order valence-electron chi connectivity index (χ3n) is 4.34. The molecule has 0 atom stereocenters. The normalized spacial score (nSPS) is 17.6. The zero-order chi connectivity index (χ0) is 14.1. The van der Waals surface area contributed by atoms with Crippen LogP contribution in [0.2, 0.25) is 0 Å². The highest BCUT2D eigenvalue weighted by molar-refractivity contribution is 5.41. The van der Waals surface area contributed by atoms with Gasteiger partial charge in [0.15, 0.2) is 0 Å². The molecule has 1 aliphatic heterocycles. The van der Waals surface area contributed by atoms with E-state index in [-0.39, 0.29) is 0 Å². The van der Waals surface area contributed by atoms with Crippen LogP contribution in [0.1, 0.15) is 35.7 Å². The summed E-state index contributed by atoms with van der Waals surface area (Å²) >= 11 is 0. The molecule has 0 N–H and O–H groups in total. The molecule has 106 valence electrons. The first-order valence-electron chi connectivity index (χ1n) is 7.46. The fourth-order valence-corrected chi connectivity index (χ4v) is 3.11. The van der Waals surface area contributed by atoms with Crippen molar-refractivity contribution in [2.24, 2.45) is 0 Å². The van der Waals surface area contributed by atoms with E-state index in [1.807, 2.05) is 0 Å². The molecule has 1 aromatic carbocycles. The highest BCUT2D eigenvalue weighted by Crippen LogP contribution is 2.30. The average molecular weight is 269 g/mol. The summed E-state index contributed by atoms with van der Waals surface area (Å²) < 4.78 is 2.17. The molecular formula is C17H23N3. The number of hydrogen-bond donors (Lipinski definition) is 0. The lowest BCUT2D eigenvalue weighted by Crippen LogP contribution is -2.30. The first kappa shape index (κ1) is 13.4. The van der Waals surface area contributed by atoms with Crippen LogP contribution in [0.25, 0.3) is 5.69 Å². The zero-order valence-corrected chi connectivity index (χ0v) is 12.6. The largest absolute Gasteiger partial charge is 0.306 e. The molecule has 0 radical (unpaired) electrons. The lowest BCUT2D eigenvalue weighted by Gasteiger charge is -2.29. The van der Waals surface area contributed by atoms with Crippen LogP contribution >= 0.6 is 0 Å². The van der Waals surface area contributed by atoms with E-state index in [0.29, 0.717) is 5.92 Å². The van der Waals surface area contributed by atoms with Gasteiger partial charge in [-0.3, -0.25) is 0 Å². The van der Waals surface area contributed by atoms with E-state index in [1.165, 1.54) is 42.9 Å². The SMILES string of the molecule is Cc1cc(C2CCN(C)CC2)n(-c2ccccc2C)n1. The molecule has 1 aliphatic rings. The first-order valence-corrected chi connectivity index (χ1v) is 7.46. The Morgan fingerprint density at radius 2 is 1.80 bits per heavy atom. The molecule has 0 unspecified atom stereocenters. The Labute approximate surface area is 121 Å². The van der Waals surface area contributed by atoms with Crippen molar-refractivity contribution in [3.8, 4) is 5.69 Å². The maximum absolute atomic E-state index is 4.74. The Bertz CT molecular complexity index is 592. The Hall–Kier alpha value is -1.61. The van der Waals surface area contributed by atoms with Crippen LogP contribution in [0, 0.1) is 13.8 Å². The molecule has 3 nitrogen and oxygen atoms in total. The highest BCUT2D eigenvalue weighted by Gasteiger charge is 2.23. The number of nitrogens with zero attached hydrogens (tertiary/aromatic N) is 3. The van der Waals surface area contributed by atoms with Gasteiger partial charge in [-0.05, 0) is 64.5 Å². The molecule has 3 heteroatoms.